The molecule has 0 spiro atoms. The van der Waals surface area contributed by atoms with Gasteiger partial charge in [0.25, 0.3) is 0 Å². The van der Waals surface area contributed by atoms with Gasteiger partial charge in [-0.25, -0.2) is 0 Å². The van der Waals surface area contributed by atoms with Crippen molar-refractivity contribution in [1.29, 1.82) is 0 Å². The van der Waals surface area contributed by atoms with Crippen LogP contribution in [0.2, 0.25) is 0 Å². The molecule has 92 valence electrons. The minimum atomic E-state index is -0.578. The second-order valence-corrected chi connectivity index (χ2v) is 4.60. The molecule has 3 heteroatoms. The van der Waals surface area contributed by atoms with Gasteiger partial charge in [0.15, 0.2) is 5.79 Å². The first kappa shape index (κ1) is 13.5. The summed E-state index contributed by atoms with van der Waals surface area (Å²) in [6, 6.07) is 0. The highest BCUT2D eigenvalue weighted by Gasteiger charge is 2.30. The molecule has 3 nitrogen and oxygen atoms in total. The quantitative estimate of drug-likeness (QED) is 0.749. The molecule has 16 heavy (non-hydrogen) atoms. The standard InChI is InChI=1S/C13H22O3/c1-4-5-6-7-11(14)10-12-8-9-15-13(2,3)16-12/h11-12,14H,4-5,8-10H2,1-3H3/t11-,12-/m1/s1. The van der Waals surface area contributed by atoms with Gasteiger partial charge in [0, 0.05) is 12.8 Å². The smallest absolute Gasteiger partial charge is 0.163 e. The molecule has 1 N–H and O–H groups in total. The summed E-state index contributed by atoms with van der Waals surface area (Å²) in [4.78, 5) is 0. The number of rotatable bonds is 3. The first-order chi connectivity index (χ1) is 7.53. The molecule has 1 rings (SSSR count). The molecule has 0 aromatic carbocycles. The molecule has 0 radical (unpaired) electrons. The average molecular weight is 226 g/mol. The molecular formula is C13H22O3. The maximum Gasteiger partial charge on any atom is 0.163 e. The summed E-state index contributed by atoms with van der Waals surface area (Å²) in [5.41, 5.74) is 0. The van der Waals surface area contributed by atoms with E-state index in [0.717, 1.165) is 19.3 Å². The Morgan fingerprint density at radius 3 is 2.88 bits per heavy atom. The molecule has 0 aromatic rings. The van der Waals surface area contributed by atoms with Crippen LogP contribution >= 0.6 is 0 Å². The summed E-state index contributed by atoms with van der Waals surface area (Å²) in [6.07, 6.45) is 2.75. The molecule has 0 aromatic heterocycles. The molecule has 1 heterocycles. The van der Waals surface area contributed by atoms with Gasteiger partial charge in [-0.1, -0.05) is 12.8 Å². The van der Waals surface area contributed by atoms with E-state index in [0.29, 0.717) is 13.0 Å². The van der Waals surface area contributed by atoms with Crippen LogP contribution in [0.15, 0.2) is 0 Å². The summed E-state index contributed by atoms with van der Waals surface area (Å²) in [7, 11) is 0. The van der Waals surface area contributed by atoms with Crippen molar-refractivity contribution in [2.45, 2.75) is 64.4 Å². The number of ether oxygens (including phenoxy) is 2. The summed E-state index contributed by atoms with van der Waals surface area (Å²) >= 11 is 0. The van der Waals surface area contributed by atoms with E-state index in [-0.39, 0.29) is 6.10 Å². The maximum atomic E-state index is 9.70. The lowest BCUT2D eigenvalue weighted by molar-refractivity contribution is -0.275. The number of hydrogen-bond donors (Lipinski definition) is 1. The molecule has 1 aliphatic rings. The zero-order valence-corrected chi connectivity index (χ0v) is 10.5. The van der Waals surface area contributed by atoms with Crippen molar-refractivity contribution in [2.24, 2.45) is 0 Å². The molecule has 0 bridgehead atoms. The largest absolute Gasteiger partial charge is 0.380 e. The van der Waals surface area contributed by atoms with Crippen molar-refractivity contribution in [2.75, 3.05) is 6.61 Å². The van der Waals surface area contributed by atoms with E-state index >= 15 is 0 Å². The van der Waals surface area contributed by atoms with E-state index in [1.54, 1.807) is 0 Å². The van der Waals surface area contributed by atoms with Gasteiger partial charge in [-0.15, -0.1) is 5.92 Å². The maximum absolute atomic E-state index is 9.70. The van der Waals surface area contributed by atoms with Gasteiger partial charge in [-0.05, 0) is 26.7 Å². The second-order valence-electron chi connectivity index (χ2n) is 4.60. The normalized spacial score (nSPS) is 25.6. The fraction of sp³-hybridized carbons (Fsp3) is 0.846. The van der Waals surface area contributed by atoms with Crippen LogP contribution in [0.5, 0.6) is 0 Å². The van der Waals surface area contributed by atoms with Gasteiger partial charge >= 0.3 is 0 Å². The first-order valence-corrected chi connectivity index (χ1v) is 6.01. The van der Waals surface area contributed by atoms with Crippen LogP contribution in [-0.4, -0.2) is 29.7 Å². The third-order valence-electron chi connectivity index (χ3n) is 2.47. The van der Waals surface area contributed by atoms with Crippen molar-refractivity contribution in [3.8, 4) is 11.8 Å². The molecule has 1 aliphatic heterocycles. The van der Waals surface area contributed by atoms with Gasteiger partial charge < -0.3 is 14.6 Å². The predicted octanol–water partition coefficient (Wildman–Crippen LogP) is 2.08. The highest BCUT2D eigenvalue weighted by molar-refractivity contribution is 5.04. The van der Waals surface area contributed by atoms with Crippen LogP contribution < -0.4 is 0 Å². The first-order valence-electron chi connectivity index (χ1n) is 6.01. The highest BCUT2D eigenvalue weighted by atomic mass is 16.7. The fourth-order valence-corrected chi connectivity index (χ4v) is 1.72. The Bertz CT molecular complexity index is 262. The lowest BCUT2D eigenvalue weighted by Crippen LogP contribution is -2.40. The van der Waals surface area contributed by atoms with Crippen LogP contribution in [0.25, 0.3) is 0 Å². The van der Waals surface area contributed by atoms with Crippen molar-refractivity contribution in [3.63, 3.8) is 0 Å². The molecule has 1 saturated heterocycles. The van der Waals surface area contributed by atoms with Crippen molar-refractivity contribution >= 4 is 0 Å². The van der Waals surface area contributed by atoms with Crippen molar-refractivity contribution in [3.05, 3.63) is 0 Å². The molecule has 1 fully saturated rings. The molecular weight excluding hydrogens is 204 g/mol. The predicted molar refractivity (Wildman–Crippen MR) is 62.8 cm³/mol. The third kappa shape index (κ3) is 4.98. The molecule has 0 aliphatic carbocycles. The molecule has 2 atom stereocenters. The van der Waals surface area contributed by atoms with E-state index in [2.05, 4.69) is 18.8 Å². The van der Waals surface area contributed by atoms with Crippen LogP contribution in [0.1, 0.15) is 46.5 Å². The van der Waals surface area contributed by atoms with Gasteiger partial charge in [0.1, 0.15) is 6.10 Å². The van der Waals surface area contributed by atoms with Gasteiger partial charge in [0.05, 0.1) is 12.7 Å². The number of hydrogen-bond acceptors (Lipinski definition) is 3. The zero-order chi connectivity index (χ0) is 12.0. The monoisotopic (exact) mass is 226 g/mol. The van der Waals surface area contributed by atoms with Gasteiger partial charge in [-0.3, -0.25) is 0 Å². The SMILES string of the molecule is CCCC#C[C@@H](O)C[C@H]1CCOC(C)(C)O1. The lowest BCUT2D eigenvalue weighted by Gasteiger charge is -2.36. The Kier molecular flexibility index (Phi) is 5.27. The Labute approximate surface area is 98.1 Å². The van der Waals surface area contributed by atoms with Crippen LogP contribution in [0.4, 0.5) is 0 Å². The minimum absolute atomic E-state index is 0.0506. The summed E-state index contributed by atoms with van der Waals surface area (Å²) < 4.78 is 11.1. The minimum Gasteiger partial charge on any atom is -0.380 e. The molecule has 0 amide bonds. The van der Waals surface area contributed by atoms with Crippen molar-refractivity contribution < 1.29 is 14.6 Å². The fourth-order valence-electron chi connectivity index (χ4n) is 1.72. The Hall–Kier alpha value is -0.560. The lowest BCUT2D eigenvalue weighted by atomic mass is 10.1. The number of aliphatic hydroxyl groups is 1. The Balaban J connectivity index is 2.34. The molecule has 0 saturated carbocycles. The average Bonchev–Trinajstić information content (AvgIpc) is 2.16. The van der Waals surface area contributed by atoms with E-state index < -0.39 is 11.9 Å². The Morgan fingerprint density at radius 1 is 1.50 bits per heavy atom. The van der Waals surface area contributed by atoms with Gasteiger partial charge in [-0.2, -0.15) is 0 Å². The summed E-state index contributed by atoms with van der Waals surface area (Å²) in [5, 5.41) is 9.70. The number of aliphatic hydroxyl groups excluding tert-OH is 1. The topological polar surface area (TPSA) is 38.7 Å². The molecule has 0 unspecified atom stereocenters. The summed E-state index contributed by atoms with van der Waals surface area (Å²) in [5.74, 6) is 5.27. The summed E-state index contributed by atoms with van der Waals surface area (Å²) in [6.45, 7) is 6.56. The second kappa shape index (κ2) is 6.24. The van der Waals surface area contributed by atoms with Crippen LogP contribution in [0, 0.1) is 11.8 Å². The Morgan fingerprint density at radius 2 is 2.25 bits per heavy atom. The zero-order valence-electron chi connectivity index (χ0n) is 10.5. The third-order valence-corrected chi connectivity index (χ3v) is 2.47. The van der Waals surface area contributed by atoms with Gasteiger partial charge in [0.2, 0.25) is 0 Å². The van der Waals surface area contributed by atoms with Crippen molar-refractivity contribution in [1.82, 2.24) is 0 Å². The van der Waals surface area contributed by atoms with E-state index in [9.17, 15) is 5.11 Å². The highest BCUT2D eigenvalue weighted by Crippen LogP contribution is 2.24. The van der Waals surface area contributed by atoms with E-state index in [4.69, 9.17) is 9.47 Å². The number of unbranched alkanes of at least 4 members (excludes halogenated alkanes) is 1. The van der Waals surface area contributed by atoms with E-state index in [1.807, 2.05) is 13.8 Å². The van der Waals surface area contributed by atoms with Crippen LogP contribution in [-0.2, 0) is 9.47 Å². The van der Waals surface area contributed by atoms with E-state index in [1.165, 1.54) is 0 Å². The van der Waals surface area contributed by atoms with Crippen LogP contribution in [0.3, 0.4) is 0 Å².